The van der Waals surface area contributed by atoms with Crippen molar-refractivity contribution >= 4 is 5.91 Å². The van der Waals surface area contributed by atoms with Crippen LogP contribution in [0, 0.1) is 5.92 Å². The number of hydrogen-bond acceptors (Lipinski definition) is 3. The molecule has 2 N–H and O–H groups in total. The maximum atomic E-state index is 12.2. The number of nitrogens with one attached hydrogen (secondary N) is 2. The summed E-state index contributed by atoms with van der Waals surface area (Å²) < 4.78 is 5.69. The van der Waals surface area contributed by atoms with Crippen molar-refractivity contribution in [1.82, 2.24) is 10.6 Å². The normalized spacial score (nSPS) is 26.1. The van der Waals surface area contributed by atoms with Gasteiger partial charge >= 0.3 is 0 Å². The molecule has 1 aromatic rings. The lowest BCUT2D eigenvalue weighted by atomic mass is 9.97. The lowest BCUT2D eigenvalue weighted by molar-refractivity contribution is -0.126. The van der Waals surface area contributed by atoms with Crippen LogP contribution < -0.4 is 15.4 Å². The zero-order valence-corrected chi connectivity index (χ0v) is 11.0. The van der Waals surface area contributed by atoms with Gasteiger partial charge in [0, 0.05) is 6.54 Å². The summed E-state index contributed by atoms with van der Waals surface area (Å²) >= 11 is 0. The van der Waals surface area contributed by atoms with Crippen molar-refractivity contribution in [3.8, 4) is 5.75 Å². The number of para-hydroxylation sites is 1. The summed E-state index contributed by atoms with van der Waals surface area (Å²) in [5, 5.41) is 6.40. The summed E-state index contributed by atoms with van der Waals surface area (Å²) in [6, 6.07) is 8.14. The third kappa shape index (κ3) is 2.89. The first-order valence-corrected chi connectivity index (χ1v) is 7.05. The maximum Gasteiger partial charge on any atom is 0.224 e. The van der Waals surface area contributed by atoms with Crippen LogP contribution in [0.4, 0.5) is 0 Å². The van der Waals surface area contributed by atoms with Crippen LogP contribution in [0.15, 0.2) is 24.3 Å². The fourth-order valence-corrected chi connectivity index (χ4v) is 2.82. The Morgan fingerprint density at radius 1 is 1.37 bits per heavy atom. The summed E-state index contributed by atoms with van der Waals surface area (Å²) in [7, 11) is 0. The minimum absolute atomic E-state index is 0.101. The van der Waals surface area contributed by atoms with E-state index in [2.05, 4.69) is 16.7 Å². The van der Waals surface area contributed by atoms with E-state index in [-0.39, 0.29) is 17.9 Å². The molecule has 3 rings (SSSR count). The lowest BCUT2D eigenvalue weighted by Gasteiger charge is -2.29. The molecular formula is C15H20N2O2. The van der Waals surface area contributed by atoms with Gasteiger partial charge in [-0.15, -0.1) is 0 Å². The molecule has 0 aromatic heterocycles. The second kappa shape index (κ2) is 5.61. The highest BCUT2D eigenvalue weighted by Crippen LogP contribution is 2.24. The minimum atomic E-state index is 0.101. The molecule has 4 heteroatoms. The van der Waals surface area contributed by atoms with Crippen LogP contribution in [-0.2, 0) is 11.2 Å². The lowest BCUT2D eigenvalue weighted by Crippen LogP contribution is -2.48. The molecule has 4 nitrogen and oxygen atoms in total. The van der Waals surface area contributed by atoms with Gasteiger partial charge in [-0.25, -0.2) is 0 Å². The average molecular weight is 260 g/mol. The number of benzene rings is 1. The molecular weight excluding hydrogens is 240 g/mol. The Morgan fingerprint density at radius 2 is 2.26 bits per heavy atom. The second-order valence-electron chi connectivity index (χ2n) is 5.37. The first kappa shape index (κ1) is 12.5. The van der Waals surface area contributed by atoms with Gasteiger partial charge in [0.2, 0.25) is 5.91 Å². The number of hydrogen-bond donors (Lipinski definition) is 2. The molecule has 2 atom stereocenters. The van der Waals surface area contributed by atoms with Crippen molar-refractivity contribution in [2.24, 2.45) is 5.92 Å². The third-order valence-electron chi connectivity index (χ3n) is 3.89. The standard InChI is InChI=1S/C15H20N2O2/c18-15(12-5-3-7-16-9-12)17-13-8-11-4-1-2-6-14(11)19-10-13/h1-2,4,6,12-13,16H,3,5,7-10H2,(H,17,18)/t12-,13?/m1/s1. The first-order valence-electron chi connectivity index (χ1n) is 7.05. The van der Waals surface area contributed by atoms with Gasteiger partial charge in [-0.1, -0.05) is 18.2 Å². The zero-order valence-electron chi connectivity index (χ0n) is 11.0. The van der Waals surface area contributed by atoms with E-state index in [1.165, 1.54) is 5.56 Å². The molecule has 2 aliphatic heterocycles. The van der Waals surface area contributed by atoms with Crippen LogP contribution in [0.1, 0.15) is 18.4 Å². The van der Waals surface area contributed by atoms with Crippen LogP contribution in [0.25, 0.3) is 0 Å². The van der Waals surface area contributed by atoms with Crippen molar-refractivity contribution in [3.05, 3.63) is 29.8 Å². The van der Waals surface area contributed by atoms with E-state index in [1.807, 2.05) is 18.2 Å². The topological polar surface area (TPSA) is 50.4 Å². The molecule has 0 aliphatic carbocycles. The number of rotatable bonds is 2. The quantitative estimate of drug-likeness (QED) is 0.837. The van der Waals surface area contributed by atoms with Crippen molar-refractivity contribution < 1.29 is 9.53 Å². The summed E-state index contributed by atoms with van der Waals surface area (Å²) in [6.07, 6.45) is 2.94. The van der Waals surface area contributed by atoms with Gasteiger partial charge in [0.15, 0.2) is 0 Å². The largest absolute Gasteiger partial charge is 0.491 e. The van der Waals surface area contributed by atoms with Gasteiger partial charge in [0.25, 0.3) is 0 Å². The summed E-state index contributed by atoms with van der Waals surface area (Å²) in [5.74, 6) is 1.23. The molecule has 2 aliphatic rings. The van der Waals surface area contributed by atoms with Gasteiger partial charge in [-0.3, -0.25) is 4.79 Å². The highest BCUT2D eigenvalue weighted by molar-refractivity contribution is 5.79. The molecule has 1 aromatic carbocycles. The smallest absolute Gasteiger partial charge is 0.224 e. The highest BCUT2D eigenvalue weighted by atomic mass is 16.5. The Morgan fingerprint density at radius 3 is 3.11 bits per heavy atom. The molecule has 1 unspecified atom stereocenters. The predicted molar refractivity (Wildman–Crippen MR) is 73.2 cm³/mol. The van der Waals surface area contributed by atoms with Crippen LogP contribution in [0.5, 0.6) is 5.75 Å². The zero-order chi connectivity index (χ0) is 13.1. The Bertz CT molecular complexity index is 455. The van der Waals surface area contributed by atoms with Crippen LogP contribution in [-0.4, -0.2) is 31.6 Å². The molecule has 0 spiro atoms. The van der Waals surface area contributed by atoms with Crippen molar-refractivity contribution in [1.29, 1.82) is 0 Å². The van der Waals surface area contributed by atoms with Gasteiger partial charge in [-0.2, -0.15) is 0 Å². The fraction of sp³-hybridized carbons (Fsp3) is 0.533. The average Bonchev–Trinajstić information content (AvgIpc) is 2.48. The first-order chi connectivity index (χ1) is 9.33. The Kier molecular flexibility index (Phi) is 3.69. The molecule has 0 saturated carbocycles. The van der Waals surface area contributed by atoms with Crippen molar-refractivity contribution in [3.63, 3.8) is 0 Å². The van der Waals surface area contributed by atoms with Crippen molar-refractivity contribution in [2.45, 2.75) is 25.3 Å². The predicted octanol–water partition coefficient (Wildman–Crippen LogP) is 1.11. The van der Waals surface area contributed by atoms with Gasteiger partial charge in [-0.05, 0) is 37.4 Å². The molecule has 0 radical (unpaired) electrons. The summed E-state index contributed by atoms with van der Waals surface area (Å²) in [5.41, 5.74) is 1.18. The van der Waals surface area contributed by atoms with Crippen LogP contribution >= 0.6 is 0 Å². The number of amides is 1. The van der Waals surface area contributed by atoms with Gasteiger partial charge in [0.1, 0.15) is 12.4 Å². The summed E-state index contributed by atoms with van der Waals surface area (Å²) in [6.45, 7) is 2.41. The van der Waals surface area contributed by atoms with Crippen LogP contribution in [0.2, 0.25) is 0 Å². The van der Waals surface area contributed by atoms with E-state index >= 15 is 0 Å². The van der Waals surface area contributed by atoms with E-state index in [4.69, 9.17) is 4.74 Å². The molecule has 102 valence electrons. The van der Waals surface area contributed by atoms with E-state index in [0.29, 0.717) is 6.61 Å². The Labute approximate surface area is 113 Å². The van der Waals surface area contributed by atoms with Crippen molar-refractivity contribution in [2.75, 3.05) is 19.7 Å². The van der Waals surface area contributed by atoms with E-state index in [1.54, 1.807) is 0 Å². The van der Waals surface area contributed by atoms with Crippen LogP contribution in [0.3, 0.4) is 0 Å². The minimum Gasteiger partial charge on any atom is -0.491 e. The van der Waals surface area contributed by atoms with E-state index in [0.717, 1.165) is 38.1 Å². The monoisotopic (exact) mass is 260 g/mol. The second-order valence-corrected chi connectivity index (χ2v) is 5.37. The van der Waals surface area contributed by atoms with Gasteiger partial charge < -0.3 is 15.4 Å². The number of piperidine rings is 1. The Hall–Kier alpha value is -1.55. The SMILES string of the molecule is O=C(NC1COc2ccccc2C1)[C@@H]1CCCNC1. The number of carbonyl (C=O) groups is 1. The molecule has 1 fully saturated rings. The highest BCUT2D eigenvalue weighted by Gasteiger charge is 2.26. The summed E-state index contributed by atoms with van der Waals surface area (Å²) in [4.78, 5) is 12.2. The van der Waals surface area contributed by atoms with E-state index < -0.39 is 0 Å². The van der Waals surface area contributed by atoms with E-state index in [9.17, 15) is 4.79 Å². The fourth-order valence-electron chi connectivity index (χ4n) is 2.82. The maximum absolute atomic E-state index is 12.2. The molecule has 0 bridgehead atoms. The Balaban J connectivity index is 1.58. The molecule has 19 heavy (non-hydrogen) atoms. The number of carbonyl (C=O) groups excluding carboxylic acids is 1. The van der Waals surface area contributed by atoms with Gasteiger partial charge in [0.05, 0.1) is 12.0 Å². The third-order valence-corrected chi connectivity index (χ3v) is 3.89. The molecule has 1 saturated heterocycles. The number of fused-ring (bicyclic) bond motifs is 1. The molecule has 1 amide bonds. The molecule has 2 heterocycles. The number of ether oxygens (including phenoxy) is 1.